The van der Waals surface area contributed by atoms with E-state index < -0.39 is 0 Å². The van der Waals surface area contributed by atoms with Crippen LogP contribution in [0.25, 0.3) is 0 Å². The summed E-state index contributed by atoms with van der Waals surface area (Å²) >= 11 is 9.36. The first kappa shape index (κ1) is 14.5. The van der Waals surface area contributed by atoms with Crippen LogP contribution in [0.15, 0.2) is 47.2 Å². The lowest BCUT2D eigenvalue weighted by Crippen LogP contribution is -2.32. The van der Waals surface area contributed by atoms with E-state index in [0.29, 0.717) is 23.2 Å². The summed E-state index contributed by atoms with van der Waals surface area (Å²) in [6, 6.07) is 9.54. The molecule has 3 rings (SSSR count). The average Bonchev–Trinajstić information content (AvgIpc) is 3.33. The highest BCUT2D eigenvalue weighted by Crippen LogP contribution is 2.31. The van der Waals surface area contributed by atoms with Gasteiger partial charge in [-0.2, -0.15) is 0 Å². The van der Waals surface area contributed by atoms with Gasteiger partial charge in [-0.3, -0.25) is 9.78 Å². The fraction of sp³-hybridized carbons (Fsp3) is 0.250. The van der Waals surface area contributed by atoms with Gasteiger partial charge in [0.05, 0.1) is 5.02 Å². The molecule has 1 aliphatic rings. The van der Waals surface area contributed by atoms with Crippen molar-refractivity contribution in [1.29, 1.82) is 0 Å². The highest BCUT2D eigenvalue weighted by atomic mass is 79.9. The molecular weight excluding hydrogens is 352 g/mol. The molecule has 0 bridgehead atoms. The van der Waals surface area contributed by atoms with Gasteiger partial charge in [-0.05, 0) is 64.7 Å². The first-order valence-electron chi connectivity index (χ1n) is 6.80. The zero-order valence-corrected chi connectivity index (χ0v) is 13.6. The van der Waals surface area contributed by atoms with Crippen LogP contribution in [-0.4, -0.2) is 21.8 Å². The quantitative estimate of drug-likeness (QED) is 0.809. The normalized spacial score (nSPS) is 14.0. The highest BCUT2D eigenvalue weighted by molar-refractivity contribution is 9.10. The van der Waals surface area contributed by atoms with E-state index in [1.165, 1.54) is 0 Å². The van der Waals surface area contributed by atoms with Crippen LogP contribution in [0.2, 0.25) is 5.02 Å². The average molecular weight is 366 g/mol. The lowest BCUT2D eigenvalue weighted by molar-refractivity contribution is 0.0730. The van der Waals surface area contributed by atoms with Crippen LogP contribution in [0.4, 0.5) is 0 Å². The Morgan fingerprint density at radius 2 is 2.00 bits per heavy atom. The zero-order valence-electron chi connectivity index (χ0n) is 11.3. The minimum absolute atomic E-state index is 0.0479. The molecule has 1 heterocycles. The number of carbonyl (C=O) groups is 1. The summed E-state index contributed by atoms with van der Waals surface area (Å²) in [5, 5.41) is 0.610. The molecule has 2 aromatic rings. The second kappa shape index (κ2) is 6.16. The van der Waals surface area contributed by atoms with E-state index >= 15 is 0 Å². The molecule has 0 saturated heterocycles. The van der Waals surface area contributed by atoms with E-state index in [1.807, 2.05) is 17.0 Å². The largest absolute Gasteiger partial charge is 0.331 e. The van der Waals surface area contributed by atoms with Gasteiger partial charge in [-0.25, -0.2) is 0 Å². The fourth-order valence-electron chi connectivity index (χ4n) is 2.23. The summed E-state index contributed by atoms with van der Waals surface area (Å²) in [7, 11) is 0. The Morgan fingerprint density at radius 3 is 2.62 bits per heavy atom. The molecule has 0 aliphatic heterocycles. The highest BCUT2D eigenvalue weighted by Gasteiger charge is 2.33. The Morgan fingerprint density at radius 1 is 1.29 bits per heavy atom. The van der Waals surface area contributed by atoms with Crippen LogP contribution in [-0.2, 0) is 6.54 Å². The van der Waals surface area contributed by atoms with Gasteiger partial charge >= 0.3 is 0 Å². The molecule has 5 heteroatoms. The van der Waals surface area contributed by atoms with E-state index in [1.54, 1.807) is 30.6 Å². The molecule has 0 radical (unpaired) electrons. The number of pyridine rings is 1. The van der Waals surface area contributed by atoms with E-state index in [2.05, 4.69) is 20.9 Å². The molecule has 108 valence electrons. The molecule has 0 spiro atoms. The molecule has 1 amide bonds. The van der Waals surface area contributed by atoms with Crippen molar-refractivity contribution in [2.75, 3.05) is 0 Å². The summed E-state index contributed by atoms with van der Waals surface area (Å²) < 4.78 is 0.745. The molecule has 21 heavy (non-hydrogen) atoms. The Balaban J connectivity index is 1.83. The van der Waals surface area contributed by atoms with Gasteiger partial charge in [-0.15, -0.1) is 0 Å². The lowest BCUT2D eigenvalue weighted by Gasteiger charge is -2.23. The monoisotopic (exact) mass is 364 g/mol. The summed E-state index contributed by atoms with van der Waals surface area (Å²) in [6.07, 6.45) is 5.66. The Kier molecular flexibility index (Phi) is 4.27. The van der Waals surface area contributed by atoms with Crippen molar-refractivity contribution >= 4 is 33.4 Å². The topological polar surface area (TPSA) is 33.2 Å². The van der Waals surface area contributed by atoms with E-state index in [0.717, 1.165) is 22.9 Å². The maximum absolute atomic E-state index is 12.7. The van der Waals surface area contributed by atoms with Gasteiger partial charge in [0.15, 0.2) is 0 Å². The number of hydrogen-bond acceptors (Lipinski definition) is 2. The third kappa shape index (κ3) is 3.44. The predicted octanol–water partition coefficient (Wildman–Crippen LogP) is 4.30. The van der Waals surface area contributed by atoms with E-state index in [9.17, 15) is 4.79 Å². The van der Waals surface area contributed by atoms with Gasteiger partial charge in [-0.1, -0.05) is 11.6 Å². The van der Waals surface area contributed by atoms with Crippen molar-refractivity contribution < 1.29 is 4.79 Å². The smallest absolute Gasteiger partial charge is 0.254 e. The number of halogens is 2. The van der Waals surface area contributed by atoms with Crippen molar-refractivity contribution in [3.8, 4) is 0 Å². The minimum atomic E-state index is 0.0479. The Labute approximate surface area is 137 Å². The van der Waals surface area contributed by atoms with Crippen molar-refractivity contribution in [3.63, 3.8) is 0 Å². The fourth-order valence-corrected chi connectivity index (χ4v) is 2.73. The number of nitrogens with zero attached hydrogens (tertiary/aromatic N) is 2. The Hall–Kier alpha value is -1.39. The van der Waals surface area contributed by atoms with Crippen LogP contribution in [0.3, 0.4) is 0 Å². The molecular formula is C16H14BrClN2O. The van der Waals surface area contributed by atoms with Crippen LogP contribution in [0, 0.1) is 0 Å². The van der Waals surface area contributed by atoms with Crippen molar-refractivity contribution in [2.24, 2.45) is 0 Å². The van der Waals surface area contributed by atoms with Gasteiger partial charge in [0.25, 0.3) is 5.91 Å². The first-order valence-corrected chi connectivity index (χ1v) is 7.97. The summed E-state index contributed by atoms with van der Waals surface area (Å²) in [6.45, 7) is 0.617. The van der Waals surface area contributed by atoms with Gasteiger partial charge in [0.2, 0.25) is 0 Å². The van der Waals surface area contributed by atoms with Gasteiger partial charge in [0, 0.05) is 35.0 Å². The van der Waals surface area contributed by atoms with E-state index in [-0.39, 0.29) is 5.91 Å². The second-order valence-electron chi connectivity index (χ2n) is 5.15. The molecule has 1 saturated carbocycles. The molecule has 0 unspecified atom stereocenters. The number of benzene rings is 1. The maximum Gasteiger partial charge on any atom is 0.254 e. The van der Waals surface area contributed by atoms with Crippen LogP contribution >= 0.6 is 27.5 Å². The molecule has 1 aromatic carbocycles. The summed E-state index contributed by atoms with van der Waals surface area (Å²) in [5.74, 6) is 0.0479. The molecule has 1 fully saturated rings. The maximum atomic E-state index is 12.7. The van der Waals surface area contributed by atoms with Crippen LogP contribution in [0.5, 0.6) is 0 Å². The van der Waals surface area contributed by atoms with Crippen LogP contribution < -0.4 is 0 Å². The number of aromatic nitrogens is 1. The van der Waals surface area contributed by atoms with E-state index in [4.69, 9.17) is 11.6 Å². The molecule has 1 aliphatic carbocycles. The van der Waals surface area contributed by atoms with Gasteiger partial charge in [0.1, 0.15) is 0 Å². The van der Waals surface area contributed by atoms with Crippen molar-refractivity contribution in [3.05, 3.63) is 63.3 Å². The van der Waals surface area contributed by atoms with Gasteiger partial charge < -0.3 is 4.90 Å². The first-order chi connectivity index (χ1) is 10.1. The zero-order chi connectivity index (χ0) is 14.8. The predicted molar refractivity (Wildman–Crippen MR) is 86.3 cm³/mol. The van der Waals surface area contributed by atoms with Crippen LogP contribution in [0.1, 0.15) is 28.8 Å². The summed E-state index contributed by atoms with van der Waals surface area (Å²) in [4.78, 5) is 18.7. The Bertz CT molecular complexity index is 659. The third-order valence-corrected chi connectivity index (χ3v) is 4.73. The SMILES string of the molecule is O=C(c1ccc(Cl)c(Br)c1)N(Cc1ccncc1)C1CC1. The third-order valence-electron chi connectivity index (χ3n) is 3.52. The molecule has 3 nitrogen and oxygen atoms in total. The minimum Gasteiger partial charge on any atom is -0.331 e. The molecule has 0 N–H and O–H groups in total. The lowest BCUT2D eigenvalue weighted by atomic mass is 10.1. The molecule has 0 atom stereocenters. The number of rotatable bonds is 4. The standard InChI is InChI=1S/C16H14BrClN2O/c17-14-9-12(1-4-15(14)18)16(21)20(13-2-3-13)10-11-5-7-19-8-6-11/h1,4-9,13H,2-3,10H2. The van der Waals surface area contributed by atoms with Crippen molar-refractivity contribution in [1.82, 2.24) is 9.88 Å². The summed E-state index contributed by atoms with van der Waals surface area (Å²) in [5.41, 5.74) is 1.76. The van der Waals surface area contributed by atoms with Crippen molar-refractivity contribution in [2.45, 2.75) is 25.4 Å². The second-order valence-corrected chi connectivity index (χ2v) is 6.41. The molecule has 1 aromatic heterocycles. The number of carbonyl (C=O) groups excluding carboxylic acids is 1. The number of hydrogen-bond donors (Lipinski definition) is 0. The number of amides is 1.